The third kappa shape index (κ3) is 8.10. The normalized spacial score (nSPS) is 10.2. The summed E-state index contributed by atoms with van der Waals surface area (Å²) in [4.78, 5) is 22.0. The van der Waals surface area contributed by atoms with Crippen LogP contribution in [0.15, 0.2) is 18.2 Å². The maximum Gasteiger partial charge on any atom is 0.304 e. The molecule has 1 aromatic rings. The van der Waals surface area contributed by atoms with Crippen LogP contribution in [0.1, 0.15) is 25.8 Å². The molecule has 0 heterocycles. The molecule has 0 fully saturated rings. The summed E-state index contributed by atoms with van der Waals surface area (Å²) in [6, 6.07) is 5.77. The Morgan fingerprint density at radius 1 is 1.17 bits per heavy atom. The Morgan fingerprint density at radius 3 is 2.54 bits per heavy atom. The average Bonchev–Trinajstić information content (AvgIpc) is 2.54. The van der Waals surface area contributed by atoms with Gasteiger partial charge in [-0.05, 0) is 38.0 Å². The van der Waals surface area contributed by atoms with Crippen LogP contribution in [0.2, 0.25) is 0 Å². The van der Waals surface area contributed by atoms with Gasteiger partial charge in [-0.2, -0.15) is 11.8 Å². The van der Waals surface area contributed by atoms with Crippen LogP contribution < -0.4 is 14.8 Å². The number of aliphatic carboxylic acids is 1. The monoisotopic (exact) mass is 355 g/mol. The highest BCUT2D eigenvalue weighted by molar-refractivity contribution is 7.99. The first-order valence-electron chi connectivity index (χ1n) is 8.01. The predicted molar refractivity (Wildman–Crippen MR) is 95.1 cm³/mol. The van der Waals surface area contributed by atoms with Gasteiger partial charge in [0.05, 0.1) is 25.4 Å². The fraction of sp³-hybridized carbons (Fsp3) is 0.529. The minimum absolute atomic E-state index is 0.0737. The fourth-order valence-corrected chi connectivity index (χ4v) is 2.72. The highest BCUT2D eigenvalue weighted by atomic mass is 32.2. The van der Waals surface area contributed by atoms with Gasteiger partial charge in [-0.1, -0.05) is 6.07 Å². The molecule has 0 aliphatic carbocycles. The van der Waals surface area contributed by atoms with Crippen molar-refractivity contribution in [1.29, 1.82) is 0 Å². The number of nitrogens with one attached hydrogen (secondary N) is 1. The van der Waals surface area contributed by atoms with Gasteiger partial charge in [0.1, 0.15) is 0 Å². The number of thioether (sulfide) groups is 1. The van der Waals surface area contributed by atoms with E-state index in [1.54, 1.807) is 0 Å². The molecule has 0 aliphatic rings. The molecule has 1 rings (SSSR count). The Morgan fingerprint density at radius 2 is 1.88 bits per heavy atom. The van der Waals surface area contributed by atoms with E-state index in [1.165, 1.54) is 11.8 Å². The number of ether oxygens (including phenoxy) is 2. The number of carboxylic acid groups (broad SMARTS) is 1. The zero-order valence-electron chi connectivity index (χ0n) is 14.2. The molecule has 0 saturated heterocycles. The summed E-state index contributed by atoms with van der Waals surface area (Å²) in [6.45, 7) is 5.51. The quantitative estimate of drug-likeness (QED) is 0.560. The minimum atomic E-state index is -0.844. The van der Waals surface area contributed by atoms with Gasteiger partial charge in [-0.15, -0.1) is 0 Å². The summed E-state index contributed by atoms with van der Waals surface area (Å²) >= 11 is 1.32. The summed E-state index contributed by atoms with van der Waals surface area (Å²) in [6.07, 6.45) is 0.766. The summed E-state index contributed by atoms with van der Waals surface area (Å²) in [5, 5.41) is 11.4. The third-order valence-electron chi connectivity index (χ3n) is 3.04. The maximum atomic E-state index is 11.7. The van der Waals surface area contributed by atoms with Crippen molar-refractivity contribution in [2.24, 2.45) is 0 Å². The maximum absolute atomic E-state index is 11.7. The molecule has 6 nitrogen and oxygen atoms in total. The first kappa shape index (κ1) is 20.2. The van der Waals surface area contributed by atoms with Crippen molar-refractivity contribution in [3.05, 3.63) is 23.8 Å². The second-order valence-corrected chi connectivity index (χ2v) is 6.05. The van der Waals surface area contributed by atoms with Gasteiger partial charge >= 0.3 is 5.97 Å². The standard InChI is InChI=1S/C17H25NO5S/c1-3-22-14-6-5-13(11-15(14)23-4-2)7-9-18-16(19)12-24-10-8-17(20)21/h5-6,11H,3-4,7-10,12H2,1-2H3,(H,18,19)(H,20,21). The zero-order valence-corrected chi connectivity index (χ0v) is 15.0. The van der Waals surface area contributed by atoms with Gasteiger partial charge in [0.2, 0.25) is 5.91 Å². The topological polar surface area (TPSA) is 84.9 Å². The first-order chi connectivity index (χ1) is 11.6. The fourth-order valence-electron chi connectivity index (χ4n) is 1.97. The lowest BCUT2D eigenvalue weighted by atomic mass is 10.1. The number of benzene rings is 1. The molecule has 0 saturated carbocycles. The molecule has 134 valence electrons. The zero-order chi connectivity index (χ0) is 17.8. The van der Waals surface area contributed by atoms with Gasteiger partial charge in [-0.3, -0.25) is 9.59 Å². The van der Waals surface area contributed by atoms with Crippen LogP contribution in [0.25, 0.3) is 0 Å². The number of rotatable bonds is 12. The summed E-state index contributed by atoms with van der Waals surface area (Å²) < 4.78 is 11.1. The van der Waals surface area contributed by atoms with E-state index in [4.69, 9.17) is 14.6 Å². The third-order valence-corrected chi connectivity index (χ3v) is 4.00. The second-order valence-electron chi connectivity index (χ2n) is 4.94. The van der Waals surface area contributed by atoms with Gasteiger partial charge in [0.25, 0.3) is 0 Å². The molecule has 1 aromatic carbocycles. The van der Waals surface area contributed by atoms with E-state index in [9.17, 15) is 9.59 Å². The number of carboxylic acids is 1. The molecule has 0 aliphatic heterocycles. The minimum Gasteiger partial charge on any atom is -0.490 e. The van der Waals surface area contributed by atoms with E-state index >= 15 is 0 Å². The van der Waals surface area contributed by atoms with Crippen molar-refractivity contribution in [3.8, 4) is 11.5 Å². The van der Waals surface area contributed by atoms with E-state index in [0.717, 1.165) is 11.3 Å². The summed E-state index contributed by atoms with van der Waals surface area (Å²) in [5.74, 6) is 1.24. The molecule has 1 amide bonds. The van der Waals surface area contributed by atoms with E-state index in [-0.39, 0.29) is 18.1 Å². The molecule has 0 radical (unpaired) electrons. The number of amides is 1. The lowest BCUT2D eigenvalue weighted by Crippen LogP contribution is -2.27. The van der Waals surface area contributed by atoms with E-state index in [2.05, 4.69) is 5.32 Å². The van der Waals surface area contributed by atoms with Gasteiger partial charge in [-0.25, -0.2) is 0 Å². The number of hydrogen-bond donors (Lipinski definition) is 2. The average molecular weight is 355 g/mol. The van der Waals surface area contributed by atoms with Crippen LogP contribution in [0.3, 0.4) is 0 Å². The molecule has 0 aromatic heterocycles. The van der Waals surface area contributed by atoms with Crippen LogP contribution in [0, 0.1) is 0 Å². The molecule has 0 atom stereocenters. The molecular weight excluding hydrogens is 330 g/mol. The van der Waals surface area contributed by atoms with Crippen LogP contribution in [-0.4, -0.2) is 48.2 Å². The van der Waals surface area contributed by atoms with Gasteiger partial charge in [0, 0.05) is 12.3 Å². The number of hydrogen-bond acceptors (Lipinski definition) is 5. The smallest absolute Gasteiger partial charge is 0.304 e. The molecule has 0 bridgehead atoms. The van der Waals surface area contributed by atoms with Crippen LogP contribution in [0.5, 0.6) is 11.5 Å². The summed E-state index contributed by atoms with van der Waals surface area (Å²) in [5.41, 5.74) is 1.06. The van der Waals surface area contributed by atoms with Crippen molar-refractivity contribution in [2.75, 3.05) is 31.3 Å². The van der Waals surface area contributed by atoms with E-state index in [0.29, 0.717) is 37.7 Å². The Kier molecular flexibility index (Phi) is 9.76. The van der Waals surface area contributed by atoms with Crippen molar-refractivity contribution in [2.45, 2.75) is 26.7 Å². The second kappa shape index (κ2) is 11.6. The van der Waals surface area contributed by atoms with E-state index < -0.39 is 5.97 Å². The van der Waals surface area contributed by atoms with Crippen molar-refractivity contribution >= 4 is 23.6 Å². The Balaban J connectivity index is 2.37. The van der Waals surface area contributed by atoms with E-state index in [1.807, 2.05) is 32.0 Å². The molecule has 0 spiro atoms. The SMILES string of the molecule is CCOc1ccc(CCNC(=O)CSCCC(=O)O)cc1OCC. The van der Waals surface area contributed by atoms with Crippen LogP contribution >= 0.6 is 11.8 Å². The van der Waals surface area contributed by atoms with Gasteiger partial charge in [0.15, 0.2) is 11.5 Å². The predicted octanol–water partition coefficient (Wildman–Crippen LogP) is 2.35. The number of carbonyl (C=O) groups is 2. The highest BCUT2D eigenvalue weighted by Gasteiger charge is 2.07. The molecule has 24 heavy (non-hydrogen) atoms. The van der Waals surface area contributed by atoms with Gasteiger partial charge < -0.3 is 19.9 Å². The molecule has 7 heteroatoms. The molecular formula is C17H25NO5S. The largest absolute Gasteiger partial charge is 0.490 e. The Labute approximate surface area is 146 Å². The Bertz CT molecular complexity index is 536. The number of carbonyl (C=O) groups excluding carboxylic acids is 1. The lowest BCUT2D eigenvalue weighted by molar-refractivity contribution is -0.136. The van der Waals surface area contributed by atoms with Crippen molar-refractivity contribution in [1.82, 2.24) is 5.32 Å². The molecule has 0 unspecified atom stereocenters. The first-order valence-corrected chi connectivity index (χ1v) is 9.17. The van der Waals surface area contributed by atoms with Crippen molar-refractivity contribution in [3.63, 3.8) is 0 Å². The van der Waals surface area contributed by atoms with Crippen LogP contribution in [0.4, 0.5) is 0 Å². The highest BCUT2D eigenvalue weighted by Crippen LogP contribution is 2.28. The van der Waals surface area contributed by atoms with Crippen LogP contribution in [-0.2, 0) is 16.0 Å². The Hall–Kier alpha value is -1.89. The summed E-state index contributed by atoms with van der Waals surface area (Å²) in [7, 11) is 0. The lowest BCUT2D eigenvalue weighted by Gasteiger charge is -2.12. The molecule has 2 N–H and O–H groups in total. The van der Waals surface area contributed by atoms with Crippen molar-refractivity contribution < 1.29 is 24.2 Å².